The molecular formula is C19H19ClN4O2S. The highest BCUT2D eigenvalue weighted by molar-refractivity contribution is 7.20. The highest BCUT2D eigenvalue weighted by Crippen LogP contribution is 2.35. The molecule has 27 heavy (non-hydrogen) atoms. The van der Waals surface area contributed by atoms with Crippen molar-refractivity contribution in [2.45, 2.75) is 6.92 Å². The SMILES string of the molecule is COC(=O)c1sc2ncnc(N3CCN(c4cccc(Cl)c4)CC3)c2c1C. The molecule has 0 saturated carbocycles. The molecule has 0 aliphatic carbocycles. The molecule has 8 heteroatoms. The number of thiophene rings is 1. The van der Waals surface area contributed by atoms with Crippen LogP contribution in [0.25, 0.3) is 10.2 Å². The average molecular weight is 403 g/mol. The number of ether oxygens (including phenoxy) is 1. The number of halogens is 1. The highest BCUT2D eigenvalue weighted by Gasteiger charge is 2.24. The van der Waals surface area contributed by atoms with Crippen molar-refractivity contribution in [2.24, 2.45) is 0 Å². The maximum absolute atomic E-state index is 12.0. The van der Waals surface area contributed by atoms with Crippen LogP contribution in [0.15, 0.2) is 30.6 Å². The smallest absolute Gasteiger partial charge is 0.348 e. The molecule has 140 valence electrons. The lowest BCUT2D eigenvalue weighted by atomic mass is 10.1. The summed E-state index contributed by atoms with van der Waals surface area (Å²) in [4.78, 5) is 26.9. The number of carbonyl (C=O) groups is 1. The number of anilines is 2. The van der Waals surface area contributed by atoms with E-state index in [0.717, 1.165) is 58.5 Å². The van der Waals surface area contributed by atoms with Gasteiger partial charge < -0.3 is 14.5 Å². The molecule has 3 heterocycles. The van der Waals surface area contributed by atoms with E-state index < -0.39 is 0 Å². The number of aromatic nitrogens is 2. The first-order valence-corrected chi connectivity index (χ1v) is 9.86. The molecule has 6 nitrogen and oxygen atoms in total. The van der Waals surface area contributed by atoms with Crippen LogP contribution in [0, 0.1) is 6.92 Å². The van der Waals surface area contributed by atoms with E-state index in [9.17, 15) is 4.79 Å². The first-order valence-electron chi connectivity index (χ1n) is 8.66. The standard InChI is InChI=1S/C19H19ClN4O2S/c1-12-15-17(21-11-22-18(15)27-16(12)19(25)26-2)24-8-6-23(7-9-24)14-5-3-4-13(20)10-14/h3-5,10-11H,6-9H2,1-2H3. The molecule has 0 radical (unpaired) electrons. The zero-order chi connectivity index (χ0) is 19.0. The monoisotopic (exact) mass is 402 g/mol. The summed E-state index contributed by atoms with van der Waals surface area (Å²) < 4.78 is 4.90. The molecule has 0 spiro atoms. The second kappa shape index (κ2) is 7.32. The number of piperazine rings is 1. The van der Waals surface area contributed by atoms with Crippen molar-refractivity contribution in [1.29, 1.82) is 0 Å². The molecule has 4 rings (SSSR count). The average Bonchev–Trinajstić information content (AvgIpc) is 3.04. The normalized spacial score (nSPS) is 14.6. The van der Waals surface area contributed by atoms with Crippen LogP contribution in [0.5, 0.6) is 0 Å². The number of rotatable bonds is 3. The summed E-state index contributed by atoms with van der Waals surface area (Å²) in [5, 5.41) is 1.69. The van der Waals surface area contributed by atoms with E-state index >= 15 is 0 Å². The van der Waals surface area contributed by atoms with Crippen molar-refractivity contribution in [3.63, 3.8) is 0 Å². The number of fused-ring (bicyclic) bond motifs is 1. The molecule has 1 saturated heterocycles. The molecule has 0 unspecified atom stereocenters. The van der Waals surface area contributed by atoms with Gasteiger partial charge in [0.1, 0.15) is 21.9 Å². The van der Waals surface area contributed by atoms with Crippen LogP contribution >= 0.6 is 22.9 Å². The zero-order valence-electron chi connectivity index (χ0n) is 15.1. The van der Waals surface area contributed by atoms with E-state index in [2.05, 4.69) is 25.8 Å². The topological polar surface area (TPSA) is 58.6 Å². The van der Waals surface area contributed by atoms with Gasteiger partial charge in [-0.05, 0) is 30.7 Å². The molecular weight excluding hydrogens is 384 g/mol. The Hall–Kier alpha value is -2.38. The number of esters is 1. The van der Waals surface area contributed by atoms with Crippen LogP contribution in [0.2, 0.25) is 5.02 Å². The molecule has 0 amide bonds. The van der Waals surface area contributed by atoms with Crippen molar-refractivity contribution in [3.05, 3.63) is 46.1 Å². The van der Waals surface area contributed by atoms with Crippen molar-refractivity contribution < 1.29 is 9.53 Å². The number of nitrogens with zero attached hydrogens (tertiary/aromatic N) is 4. The minimum atomic E-state index is -0.327. The fourth-order valence-electron chi connectivity index (χ4n) is 3.43. The van der Waals surface area contributed by atoms with Gasteiger partial charge in [0, 0.05) is 36.9 Å². The van der Waals surface area contributed by atoms with Gasteiger partial charge in [-0.25, -0.2) is 14.8 Å². The number of carbonyl (C=O) groups excluding carboxylic acids is 1. The molecule has 0 atom stereocenters. The van der Waals surface area contributed by atoms with Crippen molar-refractivity contribution in [2.75, 3.05) is 43.1 Å². The maximum atomic E-state index is 12.0. The molecule has 2 aromatic heterocycles. The lowest BCUT2D eigenvalue weighted by molar-refractivity contribution is 0.0605. The van der Waals surface area contributed by atoms with E-state index in [1.807, 2.05) is 25.1 Å². The third kappa shape index (κ3) is 3.33. The summed E-state index contributed by atoms with van der Waals surface area (Å²) in [6, 6.07) is 7.93. The Bertz CT molecular complexity index is 999. The largest absolute Gasteiger partial charge is 0.465 e. The predicted molar refractivity (Wildman–Crippen MR) is 109 cm³/mol. The second-order valence-corrected chi connectivity index (χ2v) is 7.81. The molecule has 1 fully saturated rings. The Balaban J connectivity index is 1.60. The van der Waals surface area contributed by atoms with Crippen LogP contribution in [-0.4, -0.2) is 49.2 Å². The van der Waals surface area contributed by atoms with Gasteiger partial charge in [0.25, 0.3) is 0 Å². The van der Waals surface area contributed by atoms with E-state index in [4.69, 9.17) is 16.3 Å². The summed E-state index contributed by atoms with van der Waals surface area (Å²) in [7, 11) is 1.40. The quantitative estimate of drug-likeness (QED) is 0.621. The lowest BCUT2D eigenvalue weighted by Gasteiger charge is -2.37. The molecule has 3 aromatic rings. The Kier molecular flexibility index (Phi) is 4.88. The van der Waals surface area contributed by atoms with Gasteiger partial charge in [0.05, 0.1) is 12.5 Å². The summed E-state index contributed by atoms with van der Waals surface area (Å²) >= 11 is 7.48. The summed E-state index contributed by atoms with van der Waals surface area (Å²) in [5.74, 6) is 0.557. The van der Waals surface area contributed by atoms with Crippen molar-refractivity contribution >= 4 is 50.6 Å². The van der Waals surface area contributed by atoms with E-state index in [1.54, 1.807) is 6.33 Å². The number of benzene rings is 1. The lowest BCUT2D eigenvalue weighted by Crippen LogP contribution is -2.46. The molecule has 1 aliphatic rings. The van der Waals surface area contributed by atoms with Crippen LogP contribution in [0.1, 0.15) is 15.2 Å². The zero-order valence-corrected chi connectivity index (χ0v) is 16.7. The van der Waals surface area contributed by atoms with Gasteiger partial charge in [0.15, 0.2) is 0 Å². The first-order chi connectivity index (χ1) is 13.1. The Labute approximate surface area is 166 Å². The number of hydrogen-bond acceptors (Lipinski definition) is 7. The van der Waals surface area contributed by atoms with Crippen molar-refractivity contribution in [1.82, 2.24) is 9.97 Å². The number of methoxy groups -OCH3 is 1. The third-order valence-corrected chi connectivity index (χ3v) is 6.25. The fraction of sp³-hybridized carbons (Fsp3) is 0.316. The van der Waals surface area contributed by atoms with E-state index in [-0.39, 0.29) is 5.97 Å². The van der Waals surface area contributed by atoms with Crippen LogP contribution in [0.4, 0.5) is 11.5 Å². The van der Waals surface area contributed by atoms with Gasteiger partial charge in [-0.15, -0.1) is 11.3 Å². The molecule has 1 aromatic carbocycles. The Morgan fingerprint density at radius 2 is 1.93 bits per heavy atom. The fourth-order valence-corrected chi connectivity index (χ4v) is 4.68. The second-order valence-electron chi connectivity index (χ2n) is 6.38. The van der Waals surface area contributed by atoms with Crippen LogP contribution < -0.4 is 9.80 Å². The van der Waals surface area contributed by atoms with Gasteiger partial charge in [-0.2, -0.15) is 0 Å². The predicted octanol–water partition coefficient (Wildman–Crippen LogP) is 3.77. The molecule has 0 N–H and O–H groups in total. The van der Waals surface area contributed by atoms with Crippen molar-refractivity contribution in [3.8, 4) is 0 Å². The van der Waals surface area contributed by atoms with Crippen LogP contribution in [0.3, 0.4) is 0 Å². The third-order valence-electron chi connectivity index (χ3n) is 4.83. The highest BCUT2D eigenvalue weighted by atomic mass is 35.5. The summed E-state index contributed by atoms with van der Waals surface area (Å²) in [5.41, 5.74) is 2.02. The Morgan fingerprint density at radius 3 is 2.63 bits per heavy atom. The maximum Gasteiger partial charge on any atom is 0.348 e. The van der Waals surface area contributed by atoms with Crippen LogP contribution in [-0.2, 0) is 4.74 Å². The number of hydrogen-bond donors (Lipinski definition) is 0. The van der Waals surface area contributed by atoms with Gasteiger partial charge >= 0.3 is 5.97 Å². The molecule has 0 bridgehead atoms. The minimum absolute atomic E-state index is 0.327. The van der Waals surface area contributed by atoms with Gasteiger partial charge in [-0.3, -0.25) is 0 Å². The van der Waals surface area contributed by atoms with E-state index in [0.29, 0.717) is 4.88 Å². The van der Waals surface area contributed by atoms with Gasteiger partial charge in [-0.1, -0.05) is 17.7 Å². The van der Waals surface area contributed by atoms with Gasteiger partial charge in [0.2, 0.25) is 0 Å². The molecule has 1 aliphatic heterocycles. The number of aryl methyl sites for hydroxylation is 1. The summed E-state index contributed by atoms with van der Waals surface area (Å²) in [6.07, 6.45) is 1.57. The first kappa shape index (κ1) is 18.0. The summed E-state index contributed by atoms with van der Waals surface area (Å²) in [6.45, 7) is 5.35. The Morgan fingerprint density at radius 1 is 1.19 bits per heavy atom. The minimum Gasteiger partial charge on any atom is -0.465 e. The van der Waals surface area contributed by atoms with E-state index in [1.165, 1.54) is 18.4 Å².